The van der Waals surface area contributed by atoms with Crippen LogP contribution in [0.4, 0.5) is 0 Å². The highest BCUT2D eigenvalue weighted by atomic mass is 35.5. The standard InChI is InChI=1S/C7H11ClN2O3.C7H8O3S/c1-7(3-4(8)10-13-7)5(9)6(11)12-2;1-6-2-4-7(5-3-6)11(8,9)10/h5H,3,9H2,1-2H3;2-5H,1H3,(H,8,9,10). The number of halogens is 1. The number of carbonyl (C=O) groups excluding carboxylic acids is 1. The fourth-order valence-electron chi connectivity index (χ4n) is 1.76. The summed E-state index contributed by atoms with van der Waals surface area (Å²) in [4.78, 5) is 16.0. The van der Waals surface area contributed by atoms with Crippen molar-refractivity contribution in [2.24, 2.45) is 10.9 Å². The van der Waals surface area contributed by atoms with E-state index in [1.54, 1.807) is 19.1 Å². The van der Waals surface area contributed by atoms with Gasteiger partial charge < -0.3 is 15.3 Å². The molecule has 0 saturated carbocycles. The largest absolute Gasteiger partial charge is 0.468 e. The SMILES string of the molecule is COC(=O)C(N)C1(C)CC(Cl)=NO1.Cc1ccc(S(=O)(=O)O)cc1. The van der Waals surface area contributed by atoms with Gasteiger partial charge in [-0.2, -0.15) is 8.42 Å². The Labute approximate surface area is 145 Å². The number of nitrogens with zero attached hydrogens (tertiary/aromatic N) is 1. The monoisotopic (exact) mass is 378 g/mol. The van der Waals surface area contributed by atoms with E-state index in [0.29, 0.717) is 11.6 Å². The average molecular weight is 379 g/mol. The van der Waals surface area contributed by atoms with Crippen LogP contribution >= 0.6 is 11.6 Å². The molecular formula is C14H19ClN2O6S. The van der Waals surface area contributed by atoms with Gasteiger partial charge in [-0.1, -0.05) is 34.5 Å². The Morgan fingerprint density at radius 2 is 2.00 bits per heavy atom. The lowest BCUT2D eigenvalue weighted by Crippen LogP contribution is -2.51. The highest BCUT2D eigenvalue weighted by molar-refractivity contribution is 7.85. The minimum absolute atomic E-state index is 0.0666. The highest BCUT2D eigenvalue weighted by Crippen LogP contribution is 2.27. The first kappa shape index (κ1) is 20.4. The van der Waals surface area contributed by atoms with Crippen LogP contribution in [0, 0.1) is 6.92 Å². The smallest absolute Gasteiger partial charge is 0.326 e. The molecule has 0 aromatic heterocycles. The lowest BCUT2D eigenvalue weighted by Gasteiger charge is -2.25. The van der Waals surface area contributed by atoms with Crippen molar-refractivity contribution in [3.8, 4) is 0 Å². The van der Waals surface area contributed by atoms with Crippen LogP contribution in [0.3, 0.4) is 0 Å². The van der Waals surface area contributed by atoms with Gasteiger partial charge in [0.05, 0.1) is 12.0 Å². The Hall–Kier alpha value is -1.68. The Morgan fingerprint density at radius 1 is 1.46 bits per heavy atom. The Morgan fingerprint density at radius 3 is 2.38 bits per heavy atom. The molecule has 8 nitrogen and oxygen atoms in total. The fraction of sp³-hybridized carbons (Fsp3) is 0.429. The summed E-state index contributed by atoms with van der Waals surface area (Å²) in [5, 5.41) is 3.83. The summed E-state index contributed by atoms with van der Waals surface area (Å²) in [6.07, 6.45) is 0.324. The van der Waals surface area contributed by atoms with Crippen molar-refractivity contribution in [1.29, 1.82) is 0 Å². The van der Waals surface area contributed by atoms with Gasteiger partial charge in [0.2, 0.25) is 0 Å². The minimum atomic E-state index is -4.02. The molecule has 0 radical (unpaired) electrons. The molecule has 0 aliphatic carbocycles. The van der Waals surface area contributed by atoms with Gasteiger partial charge in [-0.15, -0.1) is 0 Å². The van der Waals surface area contributed by atoms with Gasteiger partial charge >= 0.3 is 5.97 Å². The minimum Gasteiger partial charge on any atom is -0.468 e. The molecule has 0 bridgehead atoms. The third kappa shape index (κ3) is 5.45. The number of carbonyl (C=O) groups is 1. The van der Waals surface area contributed by atoms with E-state index in [1.165, 1.54) is 19.2 Å². The lowest BCUT2D eigenvalue weighted by atomic mass is 9.94. The van der Waals surface area contributed by atoms with E-state index >= 15 is 0 Å². The van der Waals surface area contributed by atoms with Crippen LogP contribution < -0.4 is 5.73 Å². The molecule has 0 amide bonds. The number of rotatable bonds is 3. The number of esters is 1. The van der Waals surface area contributed by atoms with E-state index in [1.807, 2.05) is 6.92 Å². The predicted octanol–water partition coefficient (Wildman–Crippen LogP) is 1.46. The van der Waals surface area contributed by atoms with Crippen molar-refractivity contribution in [2.45, 2.75) is 36.8 Å². The first-order valence-electron chi connectivity index (χ1n) is 6.77. The quantitative estimate of drug-likeness (QED) is 0.601. The number of hydrogen-bond acceptors (Lipinski definition) is 7. The summed E-state index contributed by atoms with van der Waals surface area (Å²) in [7, 11) is -2.75. The summed E-state index contributed by atoms with van der Waals surface area (Å²) in [5.74, 6) is -0.538. The molecule has 0 fully saturated rings. The number of nitrogens with two attached hydrogens (primary N) is 1. The summed E-state index contributed by atoms with van der Waals surface area (Å²) in [6.45, 7) is 3.50. The zero-order chi connectivity index (χ0) is 18.5. The van der Waals surface area contributed by atoms with E-state index in [2.05, 4.69) is 9.89 Å². The van der Waals surface area contributed by atoms with E-state index in [-0.39, 0.29) is 4.90 Å². The van der Waals surface area contributed by atoms with Crippen LogP contribution in [0.5, 0.6) is 0 Å². The van der Waals surface area contributed by atoms with Crippen LogP contribution in [-0.2, 0) is 24.5 Å². The average Bonchev–Trinajstić information content (AvgIpc) is 2.86. The number of methoxy groups -OCH3 is 1. The molecule has 0 saturated heterocycles. The van der Waals surface area contributed by atoms with Crippen molar-refractivity contribution in [3.63, 3.8) is 0 Å². The summed E-state index contributed by atoms with van der Waals surface area (Å²) in [6, 6.07) is 5.11. The zero-order valence-electron chi connectivity index (χ0n) is 13.4. The summed E-state index contributed by atoms with van der Waals surface area (Å²) in [5.41, 5.74) is 5.67. The highest BCUT2D eigenvalue weighted by Gasteiger charge is 2.44. The Bertz CT molecular complexity index is 719. The molecule has 0 spiro atoms. The number of hydrogen-bond donors (Lipinski definition) is 2. The van der Waals surface area contributed by atoms with Gasteiger partial charge in [-0.25, -0.2) is 0 Å². The van der Waals surface area contributed by atoms with E-state index in [9.17, 15) is 13.2 Å². The topological polar surface area (TPSA) is 128 Å². The van der Waals surface area contributed by atoms with E-state index in [4.69, 9.17) is 26.7 Å². The van der Waals surface area contributed by atoms with Gasteiger partial charge in [0.15, 0.2) is 5.60 Å². The number of ether oxygens (including phenoxy) is 1. The number of aryl methyl sites for hydroxylation is 1. The predicted molar refractivity (Wildman–Crippen MR) is 88.4 cm³/mol. The van der Waals surface area contributed by atoms with Crippen LogP contribution in [0.25, 0.3) is 0 Å². The second-order valence-electron chi connectivity index (χ2n) is 5.34. The Kier molecular flexibility index (Phi) is 6.73. The van der Waals surface area contributed by atoms with E-state index in [0.717, 1.165) is 5.56 Å². The molecule has 1 heterocycles. The van der Waals surface area contributed by atoms with Crippen molar-refractivity contribution >= 4 is 32.9 Å². The normalized spacial score (nSPS) is 21.0. The molecule has 3 N–H and O–H groups in total. The van der Waals surface area contributed by atoms with Gasteiger partial charge in [0, 0.05) is 6.42 Å². The van der Waals surface area contributed by atoms with Gasteiger partial charge in [0.1, 0.15) is 11.2 Å². The molecule has 2 atom stereocenters. The molecule has 1 aliphatic rings. The van der Waals surface area contributed by atoms with Gasteiger partial charge in [-0.05, 0) is 26.0 Å². The molecular weight excluding hydrogens is 360 g/mol. The molecule has 24 heavy (non-hydrogen) atoms. The second kappa shape index (κ2) is 7.93. The maximum absolute atomic E-state index is 11.1. The third-order valence-corrected chi connectivity index (χ3v) is 4.35. The maximum Gasteiger partial charge on any atom is 0.326 e. The van der Waals surface area contributed by atoms with Crippen molar-refractivity contribution in [2.75, 3.05) is 7.11 Å². The molecule has 2 unspecified atom stereocenters. The zero-order valence-corrected chi connectivity index (χ0v) is 15.0. The molecule has 2 rings (SSSR count). The summed E-state index contributed by atoms with van der Waals surface area (Å²) < 4.78 is 34.0. The maximum atomic E-state index is 11.1. The third-order valence-electron chi connectivity index (χ3n) is 3.28. The first-order chi connectivity index (χ1) is 11.0. The van der Waals surface area contributed by atoms with Crippen LogP contribution in [0.1, 0.15) is 18.9 Å². The van der Waals surface area contributed by atoms with E-state index < -0.39 is 27.7 Å². The molecule has 1 aromatic rings. The number of oxime groups is 1. The van der Waals surface area contributed by atoms with Crippen molar-refractivity contribution < 1.29 is 27.3 Å². The Balaban J connectivity index is 0.000000243. The summed E-state index contributed by atoms with van der Waals surface area (Å²) >= 11 is 5.61. The van der Waals surface area contributed by atoms with Crippen LogP contribution in [0.2, 0.25) is 0 Å². The lowest BCUT2D eigenvalue weighted by molar-refractivity contribution is -0.150. The van der Waals surface area contributed by atoms with Crippen LogP contribution in [-0.4, -0.2) is 42.9 Å². The molecule has 10 heteroatoms. The van der Waals surface area contributed by atoms with Crippen molar-refractivity contribution in [1.82, 2.24) is 0 Å². The number of benzene rings is 1. The van der Waals surface area contributed by atoms with Crippen molar-refractivity contribution in [3.05, 3.63) is 29.8 Å². The second-order valence-corrected chi connectivity index (χ2v) is 7.20. The molecule has 1 aliphatic heterocycles. The fourth-order valence-corrected chi connectivity index (χ4v) is 2.54. The molecule has 134 valence electrons. The molecule has 1 aromatic carbocycles. The van der Waals surface area contributed by atoms with Crippen LogP contribution in [0.15, 0.2) is 34.3 Å². The van der Waals surface area contributed by atoms with Gasteiger partial charge in [0.25, 0.3) is 10.1 Å². The first-order valence-corrected chi connectivity index (χ1v) is 8.59. The van der Waals surface area contributed by atoms with Gasteiger partial charge in [-0.3, -0.25) is 9.35 Å².